The third kappa shape index (κ3) is 3.46. The first-order valence-corrected chi connectivity index (χ1v) is 10.1. The topological polar surface area (TPSA) is 80.7 Å². The first-order valence-electron chi connectivity index (χ1n) is 9.24. The van der Waals surface area contributed by atoms with E-state index >= 15 is 0 Å². The molecule has 1 aliphatic heterocycles. The molecule has 0 saturated carbocycles. The molecule has 7 heteroatoms. The fourth-order valence-corrected chi connectivity index (χ4v) is 4.17. The van der Waals surface area contributed by atoms with Crippen molar-refractivity contribution in [2.75, 3.05) is 12.1 Å². The Morgan fingerprint density at radius 2 is 1.73 bits per heavy atom. The van der Waals surface area contributed by atoms with Crippen LogP contribution in [0.25, 0.3) is 21.8 Å². The molecule has 5 rings (SSSR count). The van der Waals surface area contributed by atoms with Gasteiger partial charge in [0.2, 0.25) is 6.79 Å². The maximum Gasteiger partial charge on any atom is 0.268 e. The van der Waals surface area contributed by atoms with Crippen LogP contribution in [0.15, 0.2) is 72.8 Å². The van der Waals surface area contributed by atoms with E-state index in [1.54, 1.807) is 36.4 Å². The zero-order valence-corrected chi connectivity index (χ0v) is 16.5. The number of carbonyl (C=O) groups excluding carboxylic acids is 1. The molecule has 1 amide bonds. The van der Waals surface area contributed by atoms with Crippen molar-refractivity contribution in [2.24, 2.45) is 0 Å². The SMILES string of the molecule is O=C(Nc1ccc2c(c1)OCO2)c1sc(-c2cccc(O)c2)nc1-c1ccccc1. The van der Waals surface area contributed by atoms with Crippen LogP contribution in [-0.2, 0) is 0 Å². The lowest BCUT2D eigenvalue weighted by atomic mass is 10.1. The number of aromatic hydroxyl groups is 1. The third-order valence-corrected chi connectivity index (χ3v) is 5.71. The summed E-state index contributed by atoms with van der Waals surface area (Å²) in [6.07, 6.45) is 0. The summed E-state index contributed by atoms with van der Waals surface area (Å²) in [4.78, 5) is 18.4. The summed E-state index contributed by atoms with van der Waals surface area (Å²) < 4.78 is 10.7. The van der Waals surface area contributed by atoms with E-state index in [9.17, 15) is 9.90 Å². The van der Waals surface area contributed by atoms with Gasteiger partial charge in [0.25, 0.3) is 5.91 Å². The number of amides is 1. The highest BCUT2D eigenvalue weighted by Crippen LogP contribution is 2.37. The smallest absolute Gasteiger partial charge is 0.268 e. The predicted octanol–water partition coefficient (Wildman–Crippen LogP) is 5.16. The molecule has 30 heavy (non-hydrogen) atoms. The Bertz CT molecular complexity index is 1240. The number of rotatable bonds is 4. The zero-order valence-electron chi connectivity index (χ0n) is 15.7. The number of fused-ring (bicyclic) bond motifs is 1. The number of hydrogen-bond donors (Lipinski definition) is 2. The fraction of sp³-hybridized carbons (Fsp3) is 0.0435. The summed E-state index contributed by atoms with van der Waals surface area (Å²) in [6, 6.07) is 21.7. The van der Waals surface area contributed by atoms with Crippen LogP contribution < -0.4 is 14.8 Å². The Kier molecular flexibility index (Phi) is 4.57. The van der Waals surface area contributed by atoms with Gasteiger partial charge in [-0.05, 0) is 24.3 Å². The summed E-state index contributed by atoms with van der Waals surface area (Å²) in [5.41, 5.74) is 2.79. The van der Waals surface area contributed by atoms with E-state index in [-0.39, 0.29) is 18.4 Å². The summed E-state index contributed by atoms with van der Waals surface area (Å²) in [5, 5.41) is 13.4. The van der Waals surface area contributed by atoms with Crippen LogP contribution in [0.2, 0.25) is 0 Å². The molecule has 0 unspecified atom stereocenters. The molecule has 0 spiro atoms. The Morgan fingerprint density at radius 3 is 2.57 bits per heavy atom. The van der Waals surface area contributed by atoms with Gasteiger partial charge in [0.15, 0.2) is 11.5 Å². The average molecular weight is 416 g/mol. The summed E-state index contributed by atoms with van der Waals surface area (Å²) >= 11 is 1.28. The zero-order chi connectivity index (χ0) is 20.5. The maximum atomic E-state index is 13.2. The van der Waals surface area contributed by atoms with Gasteiger partial charge in [-0.2, -0.15) is 0 Å². The van der Waals surface area contributed by atoms with Crippen LogP contribution in [0.5, 0.6) is 17.2 Å². The number of phenolic OH excluding ortho intramolecular Hbond substituents is 1. The quantitative estimate of drug-likeness (QED) is 0.480. The molecule has 0 radical (unpaired) electrons. The molecular formula is C23H16N2O4S. The minimum absolute atomic E-state index is 0.148. The third-order valence-electron chi connectivity index (χ3n) is 4.60. The number of nitrogens with one attached hydrogen (secondary N) is 1. The van der Waals surface area contributed by atoms with E-state index in [2.05, 4.69) is 5.32 Å². The van der Waals surface area contributed by atoms with E-state index in [1.165, 1.54) is 11.3 Å². The molecule has 0 saturated heterocycles. The van der Waals surface area contributed by atoms with Gasteiger partial charge in [-0.25, -0.2) is 4.98 Å². The standard InChI is InChI=1S/C23H16N2O4S/c26-17-8-4-7-15(11-17)23-25-20(14-5-2-1-3-6-14)21(30-23)22(27)24-16-9-10-18-19(12-16)29-13-28-18/h1-12,26H,13H2,(H,24,27). The van der Waals surface area contributed by atoms with Crippen molar-refractivity contribution in [1.29, 1.82) is 0 Å². The van der Waals surface area contributed by atoms with E-state index in [0.717, 1.165) is 11.1 Å². The Morgan fingerprint density at radius 1 is 0.933 bits per heavy atom. The highest BCUT2D eigenvalue weighted by atomic mass is 32.1. The largest absolute Gasteiger partial charge is 0.508 e. The number of thiazole rings is 1. The second-order valence-electron chi connectivity index (χ2n) is 6.64. The average Bonchev–Trinajstić information content (AvgIpc) is 3.41. The maximum absolute atomic E-state index is 13.2. The molecule has 148 valence electrons. The predicted molar refractivity (Wildman–Crippen MR) is 115 cm³/mol. The lowest BCUT2D eigenvalue weighted by Gasteiger charge is -2.06. The molecule has 0 atom stereocenters. The number of aromatic nitrogens is 1. The van der Waals surface area contributed by atoms with Crippen molar-refractivity contribution in [3.05, 3.63) is 77.7 Å². The lowest BCUT2D eigenvalue weighted by molar-refractivity contribution is 0.103. The van der Waals surface area contributed by atoms with Crippen molar-refractivity contribution < 1.29 is 19.4 Å². The summed E-state index contributed by atoms with van der Waals surface area (Å²) in [5.74, 6) is 1.13. The number of nitrogens with zero attached hydrogens (tertiary/aromatic N) is 1. The van der Waals surface area contributed by atoms with E-state index in [1.807, 2.05) is 36.4 Å². The Balaban J connectivity index is 1.53. The number of phenols is 1. The first kappa shape index (κ1) is 18.2. The Labute approximate surface area is 176 Å². The van der Waals surface area contributed by atoms with Gasteiger partial charge >= 0.3 is 0 Å². The van der Waals surface area contributed by atoms with Crippen molar-refractivity contribution in [3.8, 4) is 39.1 Å². The van der Waals surface area contributed by atoms with Gasteiger partial charge in [0, 0.05) is 22.9 Å². The van der Waals surface area contributed by atoms with Gasteiger partial charge in [-0.1, -0.05) is 42.5 Å². The molecular weight excluding hydrogens is 400 g/mol. The number of ether oxygens (including phenoxy) is 2. The molecule has 1 aliphatic rings. The summed E-state index contributed by atoms with van der Waals surface area (Å²) in [6.45, 7) is 0.174. The molecule has 6 nitrogen and oxygen atoms in total. The van der Waals surface area contributed by atoms with Crippen LogP contribution in [0.3, 0.4) is 0 Å². The van der Waals surface area contributed by atoms with Gasteiger partial charge < -0.3 is 19.9 Å². The molecule has 0 bridgehead atoms. The highest BCUT2D eigenvalue weighted by molar-refractivity contribution is 7.17. The number of benzene rings is 3. The van der Waals surface area contributed by atoms with Gasteiger partial charge in [0.05, 0.1) is 5.69 Å². The van der Waals surface area contributed by atoms with Crippen molar-refractivity contribution in [3.63, 3.8) is 0 Å². The molecule has 0 aliphatic carbocycles. The van der Waals surface area contributed by atoms with Crippen LogP contribution in [0.1, 0.15) is 9.67 Å². The minimum Gasteiger partial charge on any atom is -0.508 e. The van der Waals surface area contributed by atoms with E-state index in [0.29, 0.717) is 32.8 Å². The normalized spacial score (nSPS) is 12.0. The van der Waals surface area contributed by atoms with Crippen molar-refractivity contribution in [1.82, 2.24) is 4.98 Å². The van der Waals surface area contributed by atoms with E-state index < -0.39 is 0 Å². The number of hydrogen-bond acceptors (Lipinski definition) is 6. The molecule has 1 aromatic heterocycles. The molecule has 2 N–H and O–H groups in total. The van der Waals surface area contributed by atoms with Crippen LogP contribution in [-0.4, -0.2) is 22.8 Å². The van der Waals surface area contributed by atoms with Gasteiger partial charge in [-0.3, -0.25) is 4.79 Å². The summed E-state index contributed by atoms with van der Waals surface area (Å²) in [7, 11) is 0. The van der Waals surface area contributed by atoms with Gasteiger partial charge in [-0.15, -0.1) is 11.3 Å². The van der Waals surface area contributed by atoms with Crippen molar-refractivity contribution in [2.45, 2.75) is 0 Å². The van der Waals surface area contributed by atoms with Gasteiger partial charge in [0.1, 0.15) is 15.6 Å². The second kappa shape index (κ2) is 7.53. The van der Waals surface area contributed by atoms with Crippen LogP contribution >= 0.6 is 11.3 Å². The van der Waals surface area contributed by atoms with Crippen LogP contribution in [0.4, 0.5) is 5.69 Å². The molecule has 2 heterocycles. The number of anilines is 1. The minimum atomic E-state index is -0.267. The first-order chi connectivity index (χ1) is 14.7. The number of carbonyl (C=O) groups is 1. The lowest BCUT2D eigenvalue weighted by Crippen LogP contribution is -2.11. The molecule has 0 fully saturated rings. The monoisotopic (exact) mass is 416 g/mol. The van der Waals surface area contributed by atoms with E-state index in [4.69, 9.17) is 14.5 Å². The van der Waals surface area contributed by atoms with Crippen molar-refractivity contribution >= 4 is 22.9 Å². The second-order valence-corrected chi connectivity index (χ2v) is 7.63. The fourth-order valence-electron chi connectivity index (χ4n) is 3.19. The van der Waals surface area contributed by atoms with Crippen LogP contribution in [0, 0.1) is 0 Å². The molecule has 4 aromatic rings. The Hall–Kier alpha value is -3.84. The highest BCUT2D eigenvalue weighted by Gasteiger charge is 2.21. The molecule has 3 aromatic carbocycles.